The van der Waals surface area contributed by atoms with Crippen molar-refractivity contribution in [1.82, 2.24) is 25.2 Å². The molecule has 0 aliphatic heterocycles. The third-order valence-corrected chi connectivity index (χ3v) is 4.05. The molecule has 1 heterocycles. The van der Waals surface area contributed by atoms with E-state index in [0.29, 0.717) is 12.1 Å². The third-order valence-electron chi connectivity index (χ3n) is 4.05. The first-order chi connectivity index (χ1) is 11.6. The molecule has 0 saturated heterocycles. The highest BCUT2D eigenvalue weighted by Crippen LogP contribution is 2.06. The van der Waals surface area contributed by atoms with Crippen molar-refractivity contribution in [3.8, 4) is 5.69 Å². The Morgan fingerprint density at radius 3 is 2.50 bits per heavy atom. The van der Waals surface area contributed by atoms with Crippen molar-refractivity contribution in [2.24, 2.45) is 0 Å². The number of carbonyl (C=O) groups excluding carboxylic acids is 1. The second-order valence-electron chi connectivity index (χ2n) is 5.45. The zero-order valence-electron chi connectivity index (χ0n) is 14.6. The van der Waals surface area contributed by atoms with E-state index >= 15 is 0 Å². The predicted molar refractivity (Wildman–Crippen MR) is 96.4 cm³/mol. The van der Waals surface area contributed by atoms with Crippen molar-refractivity contribution in [3.63, 3.8) is 0 Å². The Morgan fingerprint density at radius 1 is 1.29 bits per heavy atom. The Balaban J connectivity index is 2.02. The van der Waals surface area contributed by atoms with Crippen LogP contribution in [0.15, 0.2) is 24.3 Å². The van der Waals surface area contributed by atoms with E-state index in [2.05, 4.69) is 41.0 Å². The summed E-state index contributed by atoms with van der Waals surface area (Å²) in [6.45, 7) is 13.6. The monoisotopic (exact) mass is 327 g/mol. The fourth-order valence-corrected chi connectivity index (χ4v) is 2.47. The molecule has 1 N–H and O–H groups in total. The molecule has 6 nitrogen and oxygen atoms in total. The van der Waals surface area contributed by atoms with Gasteiger partial charge in [0.1, 0.15) is 5.35 Å². The fraction of sp³-hybridized carbons (Fsp3) is 0.389. The van der Waals surface area contributed by atoms with Gasteiger partial charge in [-0.2, -0.15) is 0 Å². The Labute approximate surface area is 142 Å². The van der Waals surface area contributed by atoms with E-state index in [1.807, 2.05) is 25.1 Å². The summed E-state index contributed by atoms with van der Waals surface area (Å²) in [7, 11) is 0. The lowest BCUT2D eigenvalue weighted by molar-refractivity contribution is 0.0949. The summed E-state index contributed by atoms with van der Waals surface area (Å²) in [6, 6.07) is 7.28. The van der Waals surface area contributed by atoms with E-state index in [1.165, 1.54) is 0 Å². The molecule has 0 fully saturated rings. The Bertz CT molecular complexity index is 775. The lowest BCUT2D eigenvalue weighted by Gasteiger charge is -2.17. The number of hydrogen-bond acceptors (Lipinski definition) is 4. The maximum Gasteiger partial charge on any atom is 0.251 e. The van der Waals surface area contributed by atoms with Crippen LogP contribution in [0.5, 0.6) is 0 Å². The van der Waals surface area contributed by atoms with Gasteiger partial charge < -0.3 is 10.2 Å². The summed E-state index contributed by atoms with van der Waals surface area (Å²) in [5.41, 5.74) is 1.46. The molecule has 0 bridgehead atoms. The standard InChI is InChI=1S/C18H25N5O/c1-5-17-14(4)23(21-20-17)16-10-8-15(9-11-16)18(24)19-12-13-22(6-2)7-3/h5,8-11H,4,6-7,12-13H2,1-3H3,(H,19,24)/b17-5+. The van der Waals surface area contributed by atoms with Crippen molar-refractivity contribution in [3.05, 3.63) is 40.5 Å². The first kappa shape index (κ1) is 17.9. The van der Waals surface area contributed by atoms with Gasteiger partial charge in [0.25, 0.3) is 5.91 Å². The van der Waals surface area contributed by atoms with E-state index in [-0.39, 0.29) is 5.91 Å². The SMILES string of the molecule is C=c1/c(=C\C)nnn1-c1ccc(C(=O)NCCN(CC)CC)cc1. The third kappa shape index (κ3) is 4.08. The molecule has 2 rings (SSSR count). The molecule has 1 aromatic heterocycles. The maximum atomic E-state index is 12.2. The zero-order valence-corrected chi connectivity index (χ0v) is 14.6. The lowest BCUT2D eigenvalue weighted by Crippen LogP contribution is -2.34. The topological polar surface area (TPSA) is 63.1 Å². The van der Waals surface area contributed by atoms with E-state index < -0.39 is 0 Å². The number of amides is 1. The van der Waals surface area contributed by atoms with Gasteiger partial charge in [-0.05, 0) is 44.3 Å². The number of nitrogens with zero attached hydrogens (tertiary/aromatic N) is 4. The molecule has 24 heavy (non-hydrogen) atoms. The minimum atomic E-state index is -0.0651. The molecular formula is C18H25N5O. The lowest BCUT2D eigenvalue weighted by atomic mass is 10.2. The number of benzene rings is 1. The summed E-state index contributed by atoms with van der Waals surface area (Å²) in [4.78, 5) is 14.5. The summed E-state index contributed by atoms with van der Waals surface area (Å²) < 4.78 is 1.66. The smallest absolute Gasteiger partial charge is 0.251 e. The molecule has 2 aromatic rings. The van der Waals surface area contributed by atoms with E-state index in [0.717, 1.165) is 36.0 Å². The molecule has 0 saturated carbocycles. The second kappa shape index (κ2) is 8.40. The van der Waals surface area contributed by atoms with Crippen molar-refractivity contribution in [2.75, 3.05) is 26.2 Å². The van der Waals surface area contributed by atoms with Gasteiger partial charge in [-0.1, -0.05) is 31.7 Å². The number of likely N-dealkylation sites (N-methyl/N-ethyl adjacent to an activating group) is 1. The van der Waals surface area contributed by atoms with Gasteiger partial charge in [0.2, 0.25) is 0 Å². The van der Waals surface area contributed by atoms with Crippen LogP contribution >= 0.6 is 0 Å². The number of carbonyl (C=O) groups is 1. The largest absolute Gasteiger partial charge is 0.351 e. The van der Waals surface area contributed by atoms with Gasteiger partial charge in [-0.25, -0.2) is 4.68 Å². The molecule has 6 heteroatoms. The molecule has 0 aliphatic carbocycles. The normalized spacial score (nSPS) is 11.9. The van der Waals surface area contributed by atoms with Gasteiger partial charge in [0.05, 0.1) is 11.0 Å². The molecule has 0 spiro atoms. The summed E-state index contributed by atoms with van der Waals surface area (Å²) in [5.74, 6) is -0.0651. The Hall–Kier alpha value is -2.47. The minimum Gasteiger partial charge on any atom is -0.351 e. The Morgan fingerprint density at radius 2 is 1.96 bits per heavy atom. The second-order valence-corrected chi connectivity index (χ2v) is 5.45. The molecule has 0 unspecified atom stereocenters. The average molecular weight is 327 g/mol. The van der Waals surface area contributed by atoms with Crippen molar-refractivity contribution in [1.29, 1.82) is 0 Å². The van der Waals surface area contributed by atoms with Gasteiger partial charge >= 0.3 is 0 Å². The minimum absolute atomic E-state index is 0.0651. The van der Waals surface area contributed by atoms with E-state index in [4.69, 9.17) is 0 Å². The molecule has 1 amide bonds. The van der Waals surface area contributed by atoms with Crippen LogP contribution < -0.4 is 16.0 Å². The van der Waals surface area contributed by atoms with Gasteiger partial charge in [-0.15, -0.1) is 5.10 Å². The van der Waals surface area contributed by atoms with Gasteiger partial charge in [0.15, 0.2) is 0 Å². The maximum absolute atomic E-state index is 12.2. The highest BCUT2D eigenvalue weighted by Gasteiger charge is 2.07. The molecule has 0 atom stereocenters. The van der Waals surface area contributed by atoms with Crippen molar-refractivity contribution >= 4 is 18.6 Å². The number of aromatic nitrogens is 3. The van der Waals surface area contributed by atoms with Crippen LogP contribution in [0.4, 0.5) is 0 Å². The molecular weight excluding hydrogens is 302 g/mol. The van der Waals surface area contributed by atoms with Crippen LogP contribution in [-0.2, 0) is 0 Å². The average Bonchev–Trinajstić information content (AvgIpc) is 2.99. The molecule has 0 radical (unpaired) electrons. The van der Waals surface area contributed by atoms with E-state index in [9.17, 15) is 4.79 Å². The van der Waals surface area contributed by atoms with Crippen LogP contribution in [-0.4, -0.2) is 52.0 Å². The van der Waals surface area contributed by atoms with Crippen LogP contribution in [0.25, 0.3) is 18.3 Å². The van der Waals surface area contributed by atoms with Crippen LogP contribution in [0.1, 0.15) is 31.1 Å². The predicted octanol–water partition coefficient (Wildman–Crippen LogP) is 0.550. The summed E-state index contributed by atoms with van der Waals surface area (Å²) in [6.07, 6.45) is 1.86. The summed E-state index contributed by atoms with van der Waals surface area (Å²) >= 11 is 0. The first-order valence-electron chi connectivity index (χ1n) is 8.28. The molecule has 1 aromatic carbocycles. The van der Waals surface area contributed by atoms with Gasteiger partial charge in [-0.3, -0.25) is 4.79 Å². The van der Waals surface area contributed by atoms with Crippen molar-refractivity contribution < 1.29 is 4.79 Å². The van der Waals surface area contributed by atoms with Crippen LogP contribution in [0.2, 0.25) is 0 Å². The van der Waals surface area contributed by atoms with E-state index in [1.54, 1.807) is 16.8 Å². The Kier molecular flexibility index (Phi) is 6.26. The first-order valence-corrected chi connectivity index (χ1v) is 8.28. The highest BCUT2D eigenvalue weighted by atomic mass is 16.1. The van der Waals surface area contributed by atoms with Crippen molar-refractivity contribution in [2.45, 2.75) is 20.8 Å². The van der Waals surface area contributed by atoms with Crippen LogP contribution in [0.3, 0.4) is 0 Å². The number of rotatable bonds is 7. The highest BCUT2D eigenvalue weighted by molar-refractivity contribution is 5.94. The zero-order chi connectivity index (χ0) is 17.5. The number of hydrogen-bond donors (Lipinski definition) is 1. The fourth-order valence-electron chi connectivity index (χ4n) is 2.47. The molecule has 128 valence electrons. The van der Waals surface area contributed by atoms with Gasteiger partial charge in [0, 0.05) is 18.7 Å². The number of nitrogens with one attached hydrogen (secondary N) is 1. The molecule has 0 aliphatic rings. The quantitative estimate of drug-likeness (QED) is 0.807. The van der Waals surface area contributed by atoms with Crippen LogP contribution in [0, 0.1) is 0 Å². The summed E-state index contributed by atoms with van der Waals surface area (Å²) in [5, 5.41) is 12.6.